The Hall–Kier alpha value is -2.95. The molecule has 0 spiro atoms. The minimum Gasteiger partial charge on any atom is -0.461 e. The Morgan fingerprint density at radius 3 is 2.61 bits per heavy atom. The van der Waals surface area contributed by atoms with Gasteiger partial charge >= 0.3 is 5.97 Å². The van der Waals surface area contributed by atoms with E-state index in [2.05, 4.69) is 59.8 Å². The molecule has 1 aromatic carbocycles. The summed E-state index contributed by atoms with van der Waals surface area (Å²) in [6.45, 7) is 13.0. The van der Waals surface area contributed by atoms with Gasteiger partial charge in [-0.05, 0) is 76.6 Å². The van der Waals surface area contributed by atoms with Crippen LogP contribution in [-0.4, -0.2) is 66.4 Å². The van der Waals surface area contributed by atoms with Gasteiger partial charge in [-0.1, -0.05) is 62.8 Å². The van der Waals surface area contributed by atoms with Crippen molar-refractivity contribution in [3.63, 3.8) is 0 Å². The zero-order valence-corrected chi connectivity index (χ0v) is 27.4. The number of Topliss-reactive ketones (excluding diaryl/α,β-unsaturated/α-hetero) is 1. The second kappa shape index (κ2) is 16.4. The van der Waals surface area contributed by atoms with Crippen LogP contribution in [0.15, 0.2) is 54.3 Å². The molecule has 2 unspecified atom stereocenters. The SMILES string of the molecule is CC/C(=C/CNCC/C=C/c1cnc2ccccc2c1)[C@H](C)C[C@](C)(C[C@@H](C)C(=O)C(C)C(=O)OC[C@]1(C)NC(O)O1)OC. The van der Waals surface area contributed by atoms with Gasteiger partial charge in [-0.15, -0.1) is 0 Å². The Kier molecular flexibility index (Phi) is 13.2. The van der Waals surface area contributed by atoms with E-state index in [1.807, 2.05) is 38.2 Å². The van der Waals surface area contributed by atoms with Crippen molar-refractivity contribution in [2.45, 2.75) is 85.0 Å². The zero-order valence-electron chi connectivity index (χ0n) is 27.4. The lowest BCUT2D eigenvalue weighted by molar-refractivity contribution is -0.325. The average Bonchev–Trinajstić information content (AvgIpc) is 2.99. The topological polar surface area (TPSA) is 119 Å². The molecule has 1 fully saturated rings. The third kappa shape index (κ3) is 10.3. The quantitative estimate of drug-likeness (QED) is 0.0886. The van der Waals surface area contributed by atoms with E-state index in [1.165, 1.54) is 5.57 Å². The van der Waals surface area contributed by atoms with Crippen LogP contribution in [0.5, 0.6) is 0 Å². The number of carbonyl (C=O) groups excluding carboxylic acids is 2. The molecule has 6 atom stereocenters. The van der Waals surface area contributed by atoms with Gasteiger partial charge in [-0.25, -0.2) is 5.32 Å². The number of nitrogens with zero attached hydrogens (tertiary/aromatic N) is 1. The van der Waals surface area contributed by atoms with Gasteiger partial charge in [0.05, 0.1) is 11.1 Å². The summed E-state index contributed by atoms with van der Waals surface area (Å²) in [5.41, 5.74) is 1.98. The molecule has 242 valence electrons. The zero-order chi connectivity index (χ0) is 32.3. The van der Waals surface area contributed by atoms with E-state index in [9.17, 15) is 14.7 Å². The van der Waals surface area contributed by atoms with Crippen LogP contribution >= 0.6 is 0 Å². The molecule has 0 amide bonds. The van der Waals surface area contributed by atoms with Gasteiger partial charge in [-0.2, -0.15) is 0 Å². The summed E-state index contributed by atoms with van der Waals surface area (Å²) in [4.78, 5) is 30.2. The lowest BCUT2D eigenvalue weighted by Crippen LogP contribution is -2.67. The highest BCUT2D eigenvalue weighted by Crippen LogP contribution is 2.33. The highest BCUT2D eigenvalue weighted by molar-refractivity contribution is 5.99. The number of aromatic nitrogens is 1. The number of methoxy groups -OCH3 is 1. The number of carbonyl (C=O) groups is 2. The first-order chi connectivity index (χ1) is 20.9. The molecule has 1 aliphatic heterocycles. The smallest absolute Gasteiger partial charge is 0.316 e. The molecule has 2 aromatic rings. The standard InChI is InChI=1S/C35H51N3O6/c1-8-28(16-18-36-17-12-11-13-27-19-29-14-9-10-15-30(29)37-22-27)24(2)20-34(5,42-7)21-25(3)31(39)26(4)32(40)43-23-35(6)38-33(41)44-35/h9-11,13-16,19,22,24-26,33,36,38,41H,8,12,17-18,20-21,23H2,1-7H3/b13-11+,28-16-/t24-,25-,26?,33?,34-,35-/m1/s1. The summed E-state index contributed by atoms with van der Waals surface area (Å²) in [7, 11) is 1.68. The lowest BCUT2D eigenvalue weighted by atomic mass is 9.79. The number of aliphatic hydroxyl groups is 1. The molecule has 0 aliphatic carbocycles. The maximum absolute atomic E-state index is 13.1. The summed E-state index contributed by atoms with van der Waals surface area (Å²) in [5, 5.41) is 16.6. The summed E-state index contributed by atoms with van der Waals surface area (Å²) in [6, 6.07) is 10.3. The number of fused-ring (bicyclic) bond motifs is 1. The molecule has 3 N–H and O–H groups in total. The summed E-state index contributed by atoms with van der Waals surface area (Å²) >= 11 is 0. The Morgan fingerprint density at radius 1 is 1.23 bits per heavy atom. The Bertz CT molecular complexity index is 1300. The normalized spacial score (nSPS) is 22.3. The minimum absolute atomic E-state index is 0.0943. The maximum atomic E-state index is 13.1. The highest BCUT2D eigenvalue weighted by Gasteiger charge is 2.42. The molecule has 1 aromatic heterocycles. The van der Waals surface area contributed by atoms with E-state index >= 15 is 0 Å². The number of pyridine rings is 1. The molecule has 0 radical (unpaired) electrons. The van der Waals surface area contributed by atoms with Crippen molar-refractivity contribution < 1.29 is 28.9 Å². The van der Waals surface area contributed by atoms with Crippen molar-refractivity contribution in [1.82, 2.24) is 15.6 Å². The number of hydrogen-bond acceptors (Lipinski definition) is 9. The van der Waals surface area contributed by atoms with Crippen molar-refractivity contribution in [3.8, 4) is 0 Å². The Morgan fingerprint density at radius 2 is 1.93 bits per heavy atom. The Labute approximate surface area is 262 Å². The van der Waals surface area contributed by atoms with Crippen LogP contribution in [0.4, 0.5) is 0 Å². The third-order valence-electron chi connectivity index (χ3n) is 8.48. The first-order valence-electron chi connectivity index (χ1n) is 15.7. The number of para-hydroxylation sites is 1. The van der Waals surface area contributed by atoms with Crippen LogP contribution in [0.3, 0.4) is 0 Å². The van der Waals surface area contributed by atoms with E-state index in [1.54, 1.807) is 21.0 Å². The fourth-order valence-electron chi connectivity index (χ4n) is 5.83. The monoisotopic (exact) mass is 609 g/mol. The Balaban J connectivity index is 1.43. The van der Waals surface area contributed by atoms with Crippen molar-refractivity contribution in [1.29, 1.82) is 0 Å². The predicted octanol–water partition coefficient (Wildman–Crippen LogP) is 5.38. The fraction of sp³-hybridized carbons (Fsp3) is 0.571. The molecule has 0 saturated carbocycles. The number of allylic oxidation sites excluding steroid dienone is 1. The van der Waals surface area contributed by atoms with Gasteiger partial charge < -0.3 is 24.6 Å². The molecule has 1 aliphatic rings. The van der Waals surface area contributed by atoms with Crippen LogP contribution in [-0.2, 0) is 23.8 Å². The van der Waals surface area contributed by atoms with E-state index in [0.717, 1.165) is 48.8 Å². The maximum Gasteiger partial charge on any atom is 0.316 e. The van der Waals surface area contributed by atoms with Crippen molar-refractivity contribution in [2.24, 2.45) is 17.8 Å². The van der Waals surface area contributed by atoms with Gasteiger partial charge in [0.2, 0.25) is 6.41 Å². The number of ether oxygens (including phenoxy) is 3. The van der Waals surface area contributed by atoms with Crippen LogP contribution in [0.25, 0.3) is 17.0 Å². The number of hydrogen-bond donors (Lipinski definition) is 3. The van der Waals surface area contributed by atoms with Crippen LogP contribution in [0.2, 0.25) is 0 Å². The highest BCUT2D eigenvalue weighted by atomic mass is 16.7. The fourth-order valence-corrected chi connectivity index (χ4v) is 5.83. The minimum atomic E-state index is -1.07. The van der Waals surface area contributed by atoms with Crippen molar-refractivity contribution >= 4 is 28.7 Å². The number of benzene rings is 1. The number of nitrogens with one attached hydrogen (secondary N) is 2. The molecule has 0 bridgehead atoms. The van der Waals surface area contributed by atoms with Gasteiger partial charge in [0.1, 0.15) is 18.3 Å². The third-order valence-corrected chi connectivity index (χ3v) is 8.48. The van der Waals surface area contributed by atoms with Gasteiger partial charge in [0, 0.05) is 31.2 Å². The predicted molar refractivity (Wildman–Crippen MR) is 173 cm³/mol. The molecule has 1 saturated heterocycles. The van der Waals surface area contributed by atoms with E-state index in [4.69, 9.17) is 14.2 Å². The van der Waals surface area contributed by atoms with Gasteiger partial charge in [0.15, 0.2) is 5.72 Å². The number of rotatable bonds is 18. The average molecular weight is 610 g/mol. The van der Waals surface area contributed by atoms with Crippen molar-refractivity contribution in [3.05, 3.63) is 59.8 Å². The number of aliphatic hydroxyl groups excluding tert-OH is 1. The molecule has 44 heavy (non-hydrogen) atoms. The molecule has 2 heterocycles. The van der Waals surface area contributed by atoms with Crippen LogP contribution in [0.1, 0.15) is 72.8 Å². The summed E-state index contributed by atoms with van der Waals surface area (Å²) < 4.78 is 16.4. The van der Waals surface area contributed by atoms with Gasteiger partial charge in [0.25, 0.3) is 0 Å². The number of ketones is 1. The lowest BCUT2D eigenvalue weighted by Gasteiger charge is -2.43. The summed E-state index contributed by atoms with van der Waals surface area (Å²) in [5.74, 6) is -1.82. The number of esters is 1. The summed E-state index contributed by atoms with van der Waals surface area (Å²) in [6.07, 6.45) is 10.5. The van der Waals surface area contributed by atoms with E-state index in [-0.39, 0.29) is 24.2 Å². The van der Waals surface area contributed by atoms with Crippen LogP contribution in [0, 0.1) is 17.8 Å². The first-order valence-corrected chi connectivity index (χ1v) is 15.7. The molecule has 3 rings (SSSR count). The largest absolute Gasteiger partial charge is 0.461 e. The van der Waals surface area contributed by atoms with Crippen molar-refractivity contribution in [2.75, 3.05) is 26.8 Å². The molecule has 9 heteroatoms. The molecular formula is C35H51N3O6. The second-order valence-corrected chi connectivity index (χ2v) is 12.4. The first kappa shape index (κ1) is 35.5. The van der Waals surface area contributed by atoms with Crippen LogP contribution < -0.4 is 10.6 Å². The van der Waals surface area contributed by atoms with Gasteiger partial charge in [-0.3, -0.25) is 14.6 Å². The molecule has 9 nitrogen and oxygen atoms in total. The van der Waals surface area contributed by atoms with E-state index < -0.39 is 29.6 Å². The second-order valence-electron chi connectivity index (χ2n) is 12.4. The van der Waals surface area contributed by atoms with E-state index in [0.29, 0.717) is 6.42 Å². The molecular weight excluding hydrogens is 558 g/mol.